The van der Waals surface area contributed by atoms with Crippen molar-refractivity contribution >= 4 is 29.0 Å². The highest BCUT2D eigenvalue weighted by Crippen LogP contribution is 2.33. The Morgan fingerprint density at radius 1 is 1.09 bits per heavy atom. The molecular formula is C16H15N3O3. The molecule has 0 spiro atoms. The van der Waals surface area contributed by atoms with Crippen LogP contribution in [0.5, 0.6) is 5.75 Å². The summed E-state index contributed by atoms with van der Waals surface area (Å²) in [5, 5.41) is 5.46. The van der Waals surface area contributed by atoms with E-state index in [-0.39, 0.29) is 18.5 Å². The van der Waals surface area contributed by atoms with E-state index in [0.29, 0.717) is 22.8 Å². The molecule has 22 heavy (non-hydrogen) atoms. The lowest BCUT2D eigenvalue weighted by atomic mass is 10.2. The van der Waals surface area contributed by atoms with Gasteiger partial charge in [0.25, 0.3) is 5.91 Å². The Balaban J connectivity index is 1.71. The number of carbonyl (C=O) groups is 2. The van der Waals surface area contributed by atoms with E-state index < -0.39 is 0 Å². The number of nitrogens with zero attached hydrogens (tertiary/aromatic N) is 1. The quantitative estimate of drug-likeness (QED) is 0.895. The van der Waals surface area contributed by atoms with Gasteiger partial charge in [-0.1, -0.05) is 18.2 Å². The molecule has 1 aliphatic heterocycles. The Kier molecular flexibility index (Phi) is 3.65. The molecule has 6 heteroatoms. The number of urea groups is 1. The number of fused-ring (bicyclic) bond motifs is 1. The Bertz CT molecular complexity index is 716. The second kappa shape index (κ2) is 5.77. The maximum atomic E-state index is 11.9. The molecule has 2 aromatic carbocycles. The monoisotopic (exact) mass is 297 g/mol. The molecule has 0 aliphatic carbocycles. The van der Waals surface area contributed by atoms with Crippen molar-refractivity contribution in [2.24, 2.45) is 0 Å². The molecule has 3 amide bonds. The first-order chi connectivity index (χ1) is 10.6. The fraction of sp³-hybridized carbons (Fsp3) is 0.125. The second-order valence-corrected chi connectivity index (χ2v) is 4.87. The van der Waals surface area contributed by atoms with Gasteiger partial charge in [0.15, 0.2) is 6.61 Å². The predicted molar refractivity (Wildman–Crippen MR) is 84.4 cm³/mol. The molecule has 0 radical (unpaired) electrons. The van der Waals surface area contributed by atoms with Gasteiger partial charge >= 0.3 is 6.03 Å². The first kappa shape index (κ1) is 13.9. The first-order valence-corrected chi connectivity index (χ1v) is 6.80. The molecule has 0 unspecified atom stereocenters. The summed E-state index contributed by atoms with van der Waals surface area (Å²) in [5.41, 5.74) is 1.99. The summed E-state index contributed by atoms with van der Waals surface area (Å²) >= 11 is 0. The minimum absolute atomic E-state index is 0.00314. The summed E-state index contributed by atoms with van der Waals surface area (Å²) in [6.45, 7) is 0.00314. The molecule has 1 heterocycles. The maximum absolute atomic E-state index is 11.9. The predicted octanol–water partition coefficient (Wildman–Crippen LogP) is 2.69. The van der Waals surface area contributed by atoms with E-state index in [1.54, 1.807) is 37.4 Å². The lowest BCUT2D eigenvalue weighted by molar-refractivity contribution is -0.120. The second-order valence-electron chi connectivity index (χ2n) is 4.87. The molecule has 0 atom stereocenters. The van der Waals surface area contributed by atoms with Crippen molar-refractivity contribution in [1.29, 1.82) is 0 Å². The van der Waals surface area contributed by atoms with Crippen molar-refractivity contribution in [3.8, 4) is 5.75 Å². The highest BCUT2D eigenvalue weighted by molar-refractivity contribution is 6.01. The number of rotatable bonds is 2. The molecule has 1 aliphatic rings. The maximum Gasteiger partial charge on any atom is 0.323 e. The number of hydrogen-bond donors (Lipinski definition) is 2. The topological polar surface area (TPSA) is 70.7 Å². The standard InChI is InChI=1S/C16H15N3O3/c1-19-13-8-7-12(9-14(13)22-10-15(19)20)18-16(21)17-11-5-3-2-4-6-11/h2-9H,10H2,1H3,(H2,17,18,21). The van der Waals surface area contributed by atoms with Gasteiger partial charge in [0, 0.05) is 24.5 Å². The van der Waals surface area contributed by atoms with Crippen molar-refractivity contribution in [2.45, 2.75) is 0 Å². The van der Waals surface area contributed by atoms with E-state index in [4.69, 9.17) is 4.74 Å². The Morgan fingerprint density at radius 2 is 1.82 bits per heavy atom. The number of nitrogens with one attached hydrogen (secondary N) is 2. The van der Waals surface area contributed by atoms with E-state index >= 15 is 0 Å². The average Bonchev–Trinajstić information content (AvgIpc) is 2.52. The lowest BCUT2D eigenvalue weighted by Crippen LogP contribution is -2.35. The van der Waals surface area contributed by atoms with Gasteiger partial charge in [0.05, 0.1) is 5.69 Å². The zero-order valence-electron chi connectivity index (χ0n) is 12.0. The van der Waals surface area contributed by atoms with Crippen LogP contribution >= 0.6 is 0 Å². The van der Waals surface area contributed by atoms with E-state index in [1.807, 2.05) is 18.2 Å². The van der Waals surface area contributed by atoms with Crippen LogP contribution in [0.2, 0.25) is 0 Å². The fourth-order valence-corrected chi connectivity index (χ4v) is 2.17. The molecule has 6 nitrogen and oxygen atoms in total. The number of likely N-dealkylation sites (N-methyl/N-ethyl adjacent to an activating group) is 1. The number of anilines is 3. The van der Waals surface area contributed by atoms with Crippen LogP contribution in [-0.4, -0.2) is 25.6 Å². The van der Waals surface area contributed by atoms with Crippen LogP contribution in [-0.2, 0) is 4.79 Å². The minimum atomic E-state index is -0.341. The van der Waals surface area contributed by atoms with E-state index in [2.05, 4.69) is 10.6 Å². The van der Waals surface area contributed by atoms with Gasteiger partial charge in [-0.15, -0.1) is 0 Å². The van der Waals surface area contributed by atoms with E-state index in [0.717, 1.165) is 0 Å². The minimum Gasteiger partial charge on any atom is -0.481 e. The Labute approximate surface area is 127 Å². The third-order valence-corrected chi connectivity index (χ3v) is 3.34. The fourth-order valence-electron chi connectivity index (χ4n) is 2.17. The van der Waals surface area contributed by atoms with Crippen LogP contribution in [0, 0.1) is 0 Å². The molecule has 0 bridgehead atoms. The van der Waals surface area contributed by atoms with Crippen LogP contribution in [0.3, 0.4) is 0 Å². The SMILES string of the molecule is CN1C(=O)COc2cc(NC(=O)Nc3ccccc3)ccc21. The van der Waals surface area contributed by atoms with E-state index in [1.165, 1.54) is 4.90 Å². The highest BCUT2D eigenvalue weighted by atomic mass is 16.5. The summed E-state index contributed by atoms with van der Waals surface area (Å²) in [6.07, 6.45) is 0. The van der Waals surface area contributed by atoms with Gasteiger partial charge in [-0.05, 0) is 24.3 Å². The van der Waals surface area contributed by atoms with Crippen molar-refractivity contribution < 1.29 is 14.3 Å². The number of amides is 3. The smallest absolute Gasteiger partial charge is 0.323 e. The third-order valence-electron chi connectivity index (χ3n) is 3.34. The van der Waals surface area contributed by atoms with Crippen molar-refractivity contribution in [1.82, 2.24) is 0 Å². The Hall–Kier alpha value is -3.02. The summed E-state index contributed by atoms with van der Waals surface area (Å²) < 4.78 is 5.38. The van der Waals surface area contributed by atoms with Gasteiger partial charge in [-0.2, -0.15) is 0 Å². The molecular weight excluding hydrogens is 282 g/mol. The number of carbonyl (C=O) groups excluding carboxylic acids is 2. The molecule has 112 valence electrons. The van der Waals surface area contributed by atoms with Crippen LogP contribution in [0.15, 0.2) is 48.5 Å². The van der Waals surface area contributed by atoms with Crippen LogP contribution in [0.4, 0.5) is 21.9 Å². The number of benzene rings is 2. The zero-order chi connectivity index (χ0) is 15.5. The molecule has 3 rings (SSSR count). The normalized spacial score (nSPS) is 13.1. The Morgan fingerprint density at radius 3 is 2.59 bits per heavy atom. The molecule has 2 N–H and O–H groups in total. The highest BCUT2D eigenvalue weighted by Gasteiger charge is 2.22. The number of ether oxygens (including phenoxy) is 1. The van der Waals surface area contributed by atoms with Gasteiger partial charge in [0.1, 0.15) is 5.75 Å². The molecule has 0 saturated heterocycles. The third kappa shape index (κ3) is 2.85. The largest absolute Gasteiger partial charge is 0.481 e. The van der Waals surface area contributed by atoms with Crippen molar-refractivity contribution in [3.63, 3.8) is 0 Å². The van der Waals surface area contributed by atoms with Crippen molar-refractivity contribution in [2.75, 3.05) is 29.2 Å². The van der Waals surface area contributed by atoms with Crippen LogP contribution in [0.25, 0.3) is 0 Å². The van der Waals surface area contributed by atoms with Gasteiger partial charge in [0.2, 0.25) is 0 Å². The molecule has 2 aromatic rings. The molecule has 0 saturated carbocycles. The lowest BCUT2D eigenvalue weighted by Gasteiger charge is -2.26. The number of hydrogen-bond acceptors (Lipinski definition) is 3. The molecule has 0 fully saturated rings. The number of para-hydroxylation sites is 1. The first-order valence-electron chi connectivity index (χ1n) is 6.80. The van der Waals surface area contributed by atoms with Gasteiger partial charge in [-0.3, -0.25) is 4.79 Å². The average molecular weight is 297 g/mol. The van der Waals surface area contributed by atoms with Gasteiger partial charge in [-0.25, -0.2) is 4.79 Å². The summed E-state index contributed by atoms with van der Waals surface area (Å²) in [7, 11) is 1.69. The van der Waals surface area contributed by atoms with Crippen molar-refractivity contribution in [3.05, 3.63) is 48.5 Å². The van der Waals surface area contributed by atoms with E-state index in [9.17, 15) is 9.59 Å². The molecule has 0 aromatic heterocycles. The zero-order valence-corrected chi connectivity index (χ0v) is 12.0. The van der Waals surface area contributed by atoms with Gasteiger partial charge < -0.3 is 20.3 Å². The summed E-state index contributed by atoms with van der Waals surface area (Å²) in [5.74, 6) is 0.467. The summed E-state index contributed by atoms with van der Waals surface area (Å²) in [4.78, 5) is 25.0. The van der Waals surface area contributed by atoms with Crippen LogP contribution in [0.1, 0.15) is 0 Å². The van der Waals surface area contributed by atoms with Crippen LogP contribution < -0.4 is 20.3 Å². The summed E-state index contributed by atoms with van der Waals surface area (Å²) in [6, 6.07) is 14.0.